The van der Waals surface area contributed by atoms with Gasteiger partial charge >= 0.3 is 0 Å². The van der Waals surface area contributed by atoms with E-state index in [0.29, 0.717) is 12.2 Å². The fourth-order valence-electron chi connectivity index (χ4n) is 3.24. The predicted molar refractivity (Wildman–Crippen MR) is 79.2 cm³/mol. The van der Waals surface area contributed by atoms with E-state index in [2.05, 4.69) is 20.4 Å². The third-order valence-corrected chi connectivity index (χ3v) is 4.52. The number of carbonyl (C=O) groups is 1. The lowest BCUT2D eigenvalue weighted by atomic mass is 10.1. The van der Waals surface area contributed by atoms with Crippen molar-refractivity contribution in [2.24, 2.45) is 0 Å². The minimum atomic E-state index is -0.122. The number of fused-ring (bicyclic) bond motifs is 1. The van der Waals surface area contributed by atoms with Crippen LogP contribution in [0.25, 0.3) is 0 Å². The monoisotopic (exact) mass is 292 g/mol. The molecule has 0 atom stereocenters. The molecule has 1 aliphatic heterocycles. The van der Waals surface area contributed by atoms with Gasteiger partial charge in [0.1, 0.15) is 0 Å². The van der Waals surface area contributed by atoms with Gasteiger partial charge in [0.05, 0.1) is 6.10 Å². The summed E-state index contributed by atoms with van der Waals surface area (Å²) < 4.78 is 0. The number of likely N-dealkylation sites (tertiary alicyclic amines) is 1. The molecule has 2 heterocycles. The van der Waals surface area contributed by atoms with Crippen LogP contribution in [0.3, 0.4) is 0 Å². The third-order valence-electron chi connectivity index (χ3n) is 4.52. The van der Waals surface area contributed by atoms with E-state index in [1.165, 1.54) is 0 Å². The molecule has 0 spiro atoms. The van der Waals surface area contributed by atoms with Gasteiger partial charge in [0, 0.05) is 30.9 Å². The smallest absolute Gasteiger partial charge is 0.272 e. The summed E-state index contributed by atoms with van der Waals surface area (Å²) in [5.41, 5.74) is 2.83. The number of rotatable bonds is 5. The molecule has 1 amide bonds. The molecule has 1 fully saturated rings. The average molecular weight is 292 g/mol. The fraction of sp³-hybridized carbons (Fsp3) is 0.733. The molecule has 1 aromatic rings. The first kappa shape index (κ1) is 14.5. The van der Waals surface area contributed by atoms with Crippen molar-refractivity contribution in [2.75, 3.05) is 26.2 Å². The molecule has 0 unspecified atom stereocenters. The lowest BCUT2D eigenvalue weighted by molar-refractivity contribution is 0.0816. The Morgan fingerprint density at radius 3 is 3.00 bits per heavy atom. The Hall–Kier alpha value is -1.40. The molecule has 6 heteroatoms. The van der Waals surface area contributed by atoms with Crippen LogP contribution in [0.5, 0.6) is 0 Å². The van der Waals surface area contributed by atoms with Crippen molar-refractivity contribution in [1.29, 1.82) is 0 Å². The Labute approximate surface area is 124 Å². The minimum absolute atomic E-state index is 0.0523. The van der Waals surface area contributed by atoms with Crippen LogP contribution in [0, 0.1) is 0 Å². The quantitative estimate of drug-likeness (QED) is 0.689. The fourth-order valence-corrected chi connectivity index (χ4v) is 3.24. The summed E-state index contributed by atoms with van der Waals surface area (Å²) in [7, 11) is 0. The maximum absolute atomic E-state index is 12.1. The summed E-state index contributed by atoms with van der Waals surface area (Å²) >= 11 is 0. The Morgan fingerprint density at radius 1 is 1.38 bits per heavy atom. The summed E-state index contributed by atoms with van der Waals surface area (Å²) in [5, 5.41) is 19.5. The van der Waals surface area contributed by atoms with Crippen LogP contribution in [0.15, 0.2) is 0 Å². The van der Waals surface area contributed by atoms with E-state index in [0.717, 1.165) is 69.4 Å². The highest BCUT2D eigenvalue weighted by molar-refractivity contribution is 5.94. The predicted octanol–water partition coefficient (Wildman–Crippen LogP) is 0.475. The molecule has 0 saturated carbocycles. The summed E-state index contributed by atoms with van der Waals surface area (Å²) in [5.74, 6) is -0.0523. The molecule has 21 heavy (non-hydrogen) atoms. The Balaban J connectivity index is 1.38. The van der Waals surface area contributed by atoms with Crippen LogP contribution < -0.4 is 5.32 Å². The van der Waals surface area contributed by atoms with Gasteiger partial charge in [-0.15, -0.1) is 0 Å². The molecule has 0 bridgehead atoms. The lowest BCUT2D eigenvalue weighted by Crippen LogP contribution is -2.37. The second kappa shape index (κ2) is 6.58. The highest BCUT2D eigenvalue weighted by atomic mass is 16.3. The Kier molecular flexibility index (Phi) is 4.55. The van der Waals surface area contributed by atoms with Gasteiger partial charge < -0.3 is 15.3 Å². The van der Waals surface area contributed by atoms with Gasteiger partial charge in [-0.2, -0.15) is 5.10 Å². The summed E-state index contributed by atoms with van der Waals surface area (Å²) in [6.45, 7) is 3.58. The lowest BCUT2D eigenvalue weighted by Gasteiger charge is -2.29. The first-order valence-electron chi connectivity index (χ1n) is 7.99. The number of aliphatic hydroxyl groups is 1. The van der Waals surface area contributed by atoms with Crippen LogP contribution in [0.4, 0.5) is 0 Å². The van der Waals surface area contributed by atoms with E-state index in [9.17, 15) is 9.90 Å². The van der Waals surface area contributed by atoms with Crippen molar-refractivity contribution in [3.8, 4) is 0 Å². The molecule has 2 aliphatic rings. The highest BCUT2D eigenvalue weighted by Crippen LogP contribution is 2.22. The molecular weight excluding hydrogens is 268 g/mol. The van der Waals surface area contributed by atoms with Gasteiger partial charge in [0.25, 0.3) is 5.91 Å². The number of H-pyrrole nitrogens is 1. The second-order valence-corrected chi connectivity index (χ2v) is 6.07. The van der Waals surface area contributed by atoms with Crippen molar-refractivity contribution < 1.29 is 9.90 Å². The summed E-state index contributed by atoms with van der Waals surface area (Å²) in [4.78, 5) is 14.5. The number of nitrogens with one attached hydrogen (secondary N) is 2. The van der Waals surface area contributed by atoms with E-state index in [1.807, 2.05) is 0 Å². The van der Waals surface area contributed by atoms with Crippen LogP contribution in [0.2, 0.25) is 0 Å². The number of nitrogens with zero attached hydrogens (tertiary/aromatic N) is 2. The molecule has 6 nitrogen and oxygen atoms in total. The van der Waals surface area contributed by atoms with E-state index in [1.54, 1.807) is 0 Å². The number of hydrogen-bond acceptors (Lipinski definition) is 4. The van der Waals surface area contributed by atoms with Gasteiger partial charge in [0.15, 0.2) is 5.69 Å². The molecule has 3 N–H and O–H groups in total. The van der Waals surface area contributed by atoms with Crippen molar-refractivity contribution in [1.82, 2.24) is 20.4 Å². The molecule has 3 rings (SSSR count). The number of piperidine rings is 1. The van der Waals surface area contributed by atoms with Crippen molar-refractivity contribution in [3.63, 3.8) is 0 Å². The summed E-state index contributed by atoms with van der Waals surface area (Å²) in [6.07, 6.45) is 5.64. The van der Waals surface area contributed by atoms with Gasteiger partial charge in [-0.25, -0.2) is 0 Å². The zero-order chi connectivity index (χ0) is 14.7. The standard InChI is InChI=1S/C15H24N4O2/c20-11-5-9-19(10-6-11)8-2-7-16-15(21)14-12-3-1-4-13(12)17-18-14/h11,20H,1-10H2,(H,16,21)(H,17,18). The minimum Gasteiger partial charge on any atom is -0.393 e. The van der Waals surface area contributed by atoms with Gasteiger partial charge in [-0.05, 0) is 45.1 Å². The molecule has 0 radical (unpaired) electrons. The number of carbonyl (C=O) groups excluding carboxylic acids is 1. The molecule has 0 aromatic carbocycles. The number of aromatic nitrogens is 2. The maximum atomic E-state index is 12.1. The topological polar surface area (TPSA) is 81.2 Å². The van der Waals surface area contributed by atoms with E-state index in [-0.39, 0.29) is 12.0 Å². The SMILES string of the molecule is O=C(NCCCN1CCC(O)CC1)c1n[nH]c2c1CCC2. The molecular formula is C15H24N4O2. The van der Waals surface area contributed by atoms with Crippen molar-refractivity contribution in [2.45, 2.75) is 44.6 Å². The number of aromatic amines is 1. The van der Waals surface area contributed by atoms with E-state index < -0.39 is 0 Å². The summed E-state index contributed by atoms with van der Waals surface area (Å²) in [6, 6.07) is 0. The second-order valence-electron chi connectivity index (χ2n) is 6.07. The average Bonchev–Trinajstić information content (AvgIpc) is 3.08. The van der Waals surface area contributed by atoms with Gasteiger partial charge in [-0.3, -0.25) is 9.89 Å². The largest absolute Gasteiger partial charge is 0.393 e. The van der Waals surface area contributed by atoms with Crippen molar-refractivity contribution in [3.05, 3.63) is 17.0 Å². The zero-order valence-corrected chi connectivity index (χ0v) is 12.4. The molecule has 1 aromatic heterocycles. The number of hydrogen-bond donors (Lipinski definition) is 3. The van der Waals surface area contributed by atoms with Crippen LogP contribution in [-0.4, -0.2) is 58.4 Å². The maximum Gasteiger partial charge on any atom is 0.272 e. The number of amides is 1. The zero-order valence-electron chi connectivity index (χ0n) is 12.4. The normalized spacial score (nSPS) is 19.7. The van der Waals surface area contributed by atoms with Crippen LogP contribution in [0.1, 0.15) is 47.4 Å². The Bertz CT molecular complexity index is 492. The van der Waals surface area contributed by atoms with Crippen molar-refractivity contribution >= 4 is 5.91 Å². The van der Waals surface area contributed by atoms with Crippen LogP contribution >= 0.6 is 0 Å². The number of aliphatic hydroxyl groups excluding tert-OH is 1. The van der Waals surface area contributed by atoms with E-state index >= 15 is 0 Å². The van der Waals surface area contributed by atoms with E-state index in [4.69, 9.17) is 0 Å². The third kappa shape index (κ3) is 3.44. The first-order chi connectivity index (χ1) is 10.2. The van der Waals surface area contributed by atoms with Gasteiger partial charge in [-0.1, -0.05) is 0 Å². The van der Waals surface area contributed by atoms with Gasteiger partial charge in [0.2, 0.25) is 0 Å². The Morgan fingerprint density at radius 2 is 2.19 bits per heavy atom. The first-order valence-corrected chi connectivity index (χ1v) is 7.99. The molecule has 1 aliphatic carbocycles. The number of aryl methyl sites for hydroxylation is 1. The highest BCUT2D eigenvalue weighted by Gasteiger charge is 2.22. The molecule has 116 valence electrons. The van der Waals surface area contributed by atoms with Crippen LogP contribution in [-0.2, 0) is 12.8 Å². The molecule has 1 saturated heterocycles.